The van der Waals surface area contributed by atoms with E-state index in [0.717, 1.165) is 25.7 Å². The van der Waals surface area contributed by atoms with Crippen molar-refractivity contribution in [2.45, 2.75) is 63.2 Å². The molecule has 2 fully saturated rings. The number of carbonyl (C=O) groups excluding carboxylic acids is 2. The van der Waals surface area contributed by atoms with Gasteiger partial charge in [-0.25, -0.2) is 4.79 Å². The van der Waals surface area contributed by atoms with Crippen molar-refractivity contribution in [2.24, 2.45) is 0 Å². The molecule has 0 radical (unpaired) electrons. The fourth-order valence-corrected chi connectivity index (χ4v) is 7.12. The Bertz CT molecular complexity index is 1080. The van der Waals surface area contributed by atoms with Gasteiger partial charge in [-0.3, -0.25) is 19.4 Å². The van der Waals surface area contributed by atoms with E-state index in [9.17, 15) is 24.6 Å². The predicted molar refractivity (Wildman–Crippen MR) is 144 cm³/mol. The number of carboxylic acids is 1. The fourth-order valence-electron chi connectivity index (χ4n) is 4.72. The first-order valence-electron chi connectivity index (χ1n) is 11.9. The number of hydrogen-bond donors (Lipinski definition) is 4. The van der Waals surface area contributed by atoms with Gasteiger partial charge >= 0.3 is 5.97 Å². The van der Waals surface area contributed by atoms with Gasteiger partial charge in [0, 0.05) is 5.75 Å². The number of unbranched alkanes of at least 4 members (excludes halogenated alkanes) is 2. The lowest BCUT2D eigenvalue weighted by atomic mass is 9.99. The van der Waals surface area contributed by atoms with Crippen LogP contribution in [0, 0.1) is 0 Å². The van der Waals surface area contributed by atoms with E-state index >= 15 is 0 Å². The highest BCUT2D eigenvalue weighted by Gasteiger charge is 2.54. The number of phenols is 1. The number of aliphatic carboxylic acids is 1. The zero-order valence-corrected chi connectivity index (χ0v) is 22.5. The minimum Gasteiger partial charge on any atom is -0.508 e. The van der Waals surface area contributed by atoms with Crippen LogP contribution in [-0.4, -0.2) is 71.3 Å². The Kier molecular flexibility index (Phi) is 8.48. The molecule has 1 aromatic carbocycles. The molecule has 2 unspecified atom stereocenters. The SMILES string of the molecule is CCCCCC1NC(=S)SCN1C(C(=O)N[C@@H]1C(=O)N2C(C(=O)O)=C(C)CS[C@H]12)c1ccc(O)cc1. The number of fused-ring (bicyclic) bond motifs is 1. The molecule has 4 rings (SSSR count). The Hall–Kier alpha value is -2.28. The number of carbonyl (C=O) groups is 3. The van der Waals surface area contributed by atoms with E-state index in [1.165, 1.54) is 40.6 Å². The number of aromatic hydroxyl groups is 1. The number of thioether (sulfide) groups is 2. The number of benzene rings is 1. The smallest absolute Gasteiger partial charge is 0.352 e. The maximum atomic E-state index is 13.8. The zero-order chi connectivity index (χ0) is 26.0. The second kappa shape index (κ2) is 11.4. The van der Waals surface area contributed by atoms with Gasteiger partial charge in [0.2, 0.25) is 5.91 Å². The maximum absolute atomic E-state index is 13.8. The summed E-state index contributed by atoms with van der Waals surface area (Å²) in [5.74, 6) is -0.841. The van der Waals surface area contributed by atoms with E-state index in [1.54, 1.807) is 19.1 Å². The number of nitrogens with zero attached hydrogens (tertiary/aromatic N) is 2. The Morgan fingerprint density at radius 2 is 2.00 bits per heavy atom. The molecule has 36 heavy (non-hydrogen) atoms. The summed E-state index contributed by atoms with van der Waals surface area (Å²) >= 11 is 8.29. The van der Waals surface area contributed by atoms with Gasteiger partial charge in [0.15, 0.2) is 0 Å². The largest absolute Gasteiger partial charge is 0.508 e. The van der Waals surface area contributed by atoms with Crippen molar-refractivity contribution < 1.29 is 24.6 Å². The normalized spacial score (nSPS) is 25.1. The zero-order valence-electron chi connectivity index (χ0n) is 20.1. The van der Waals surface area contributed by atoms with Gasteiger partial charge in [-0.1, -0.05) is 62.3 Å². The quantitative estimate of drug-likeness (QED) is 0.207. The van der Waals surface area contributed by atoms with Gasteiger partial charge in [-0.2, -0.15) is 0 Å². The maximum Gasteiger partial charge on any atom is 0.352 e. The van der Waals surface area contributed by atoms with E-state index < -0.39 is 29.3 Å². The number of hydrogen-bond acceptors (Lipinski definition) is 8. The lowest BCUT2D eigenvalue weighted by molar-refractivity contribution is -0.151. The molecule has 0 aromatic heterocycles. The Morgan fingerprint density at radius 3 is 2.67 bits per heavy atom. The first-order valence-corrected chi connectivity index (χ1v) is 14.3. The lowest BCUT2D eigenvalue weighted by Gasteiger charge is -2.50. The van der Waals surface area contributed by atoms with Crippen LogP contribution < -0.4 is 10.6 Å². The Morgan fingerprint density at radius 1 is 1.28 bits per heavy atom. The summed E-state index contributed by atoms with van der Waals surface area (Å²) in [6.45, 7) is 3.84. The van der Waals surface area contributed by atoms with E-state index in [2.05, 4.69) is 17.6 Å². The Labute approximate surface area is 224 Å². The molecule has 3 heterocycles. The summed E-state index contributed by atoms with van der Waals surface area (Å²) in [5.41, 5.74) is 1.32. The van der Waals surface area contributed by atoms with Gasteiger partial charge in [0.05, 0.1) is 12.0 Å². The summed E-state index contributed by atoms with van der Waals surface area (Å²) in [6, 6.07) is 4.95. The molecular formula is C24H30N4O5S3. The van der Waals surface area contributed by atoms with Crippen LogP contribution in [0.25, 0.3) is 0 Å². The van der Waals surface area contributed by atoms with Crippen molar-refractivity contribution in [2.75, 3.05) is 11.6 Å². The van der Waals surface area contributed by atoms with Crippen LogP contribution in [0.1, 0.15) is 51.1 Å². The van der Waals surface area contributed by atoms with Gasteiger partial charge in [-0.15, -0.1) is 11.8 Å². The molecule has 12 heteroatoms. The van der Waals surface area contributed by atoms with Crippen molar-refractivity contribution >= 4 is 57.8 Å². The number of nitrogens with one attached hydrogen (secondary N) is 2. The second-order valence-corrected chi connectivity index (χ2v) is 11.8. The van der Waals surface area contributed by atoms with E-state index in [-0.39, 0.29) is 23.5 Å². The number of rotatable bonds is 9. The van der Waals surface area contributed by atoms with E-state index in [0.29, 0.717) is 27.1 Å². The molecule has 0 saturated carbocycles. The standard InChI is InChI=1S/C24H30N4O5S3/c1-3-4-5-6-16-25-24(34)36-12-27(16)19(14-7-9-15(29)10-8-14)20(30)26-17-21(31)28-18(23(32)33)13(2)11-35-22(17)28/h7-10,16-17,19,22,29H,3-6,11-12H2,1-2H3,(H,25,34)(H,26,30)(H,32,33)/t16?,17-,19?,22-/m1/s1. The van der Waals surface area contributed by atoms with Crippen LogP contribution in [0.5, 0.6) is 5.75 Å². The summed E-state index contributed by atoms with van der Waals surface area (Å²) in [5, 5.41) is 25.2. The van der Waals surface area contributed by atoms with Crippen molar-refractivity contribution in [3.63, 3.8) is 0 Å². The second-order valence-electron chi connectivity index (χ2n) is 9.06. The summed E-state index contributed by atoms with van der Waals surface area (Å²) < 4.78 is 0.685. The van der Waals surface area contributed by atoms with Crippen molar-refractivity contribution in [3.8, 4) is 5.75 Å². The van der Waals surface area contributed by atoms with Gasteiger partial charge in [0.1, 0.15) is 33.2 Å². The molecule has 2 amide bonds. The van der Waals surface area contributed by atoms with Crippen LogP contribution >= 0.6 is 35.7 Å². The third-order valence-electron chi connectivity index (χ3n) is 6.56. The summed E-state index contributed by atoms with van der Waals surface area (Å²) in [6.07, 6.45) is 3.75. The third kappa shape index (κ3) is 5.36. The molecule has 3 aliphatic heterocycles. The van der Waals surface area contributed by atoms with Crippen LogP contribution in [0.2, 0.25) is 0 Å². The average Bonchev–Trinajstić information content (AvgIpc) is 2.85. The minimum absolute atomic E-state index is 0.00506. The summed E-state index contributed by atoms with van der Waals surface area (Å²) in [4.78, 5) is 41.8. The number of amides is 2. The summed E-state index contributed by atoms with van der Waals surface area (Å²) in [7, 11) is 0. The van der Waals surface area contributed by atoms with E-state index in [1.807, 2.05) is 4.90 Å². The highest BCUT2D eigenvalue weighted by molar-refractivity contribution is 8.23. The van der Waals surface area contributed by atoms with Gasteiger partial charge in [-0.05, 0) is 36.6 Å². The number of carboxylic acid groups (broad SMARTS) is 1. The highest BCUT2D eigenvalue weighted by Crippen LogP contribution is 2.41. The first-order chi connectivity index (χ1) is 17.2. The monoisotopic (exact) mass is 550 g/mol. The molecule has 2 saturated heterocycles. The lowest BCUT2D eigenvalue weighted by Crippen LogP contribution is -2.71. The highest BCUT2D eigenvalue weighted by atomic mass is 32.2. The van der Waals surface area contributed by atoms with E-state index in [4.69, 9.17) is 12.2 Å². The molecule has 0 spiro atoms. The molecular weight excluding hydrogens is 520 g/mol. The van der Waals surface area contributed by atoms with Crippen molar-refractivity contribution in [3.05, 3.63) is 41.1 Å². The molecule has 194 valence electrons. The van der Waals surface area contributed by atoms with Crippen LogP contribution in [0.15, 0.2) is 35.5 Å². The van der Waals surface area contributed by atoms with Crippen molar-refractivity contribution in [1.82, 2.24) is 20.4 Å². The fraction of sp³-hybridized carbons (Fsp3) is 0.500. The molecule has 9 nitrogen and oxygen atoms in total. The van der Waals surface area contributed by atoms with Crippen LogP contribution in [-0.2, 0) is 14.4 Å². The average molecular weight is 551 g/mol. The molecule has 1 aromatic rings. The topological polar surface area (TPSA) is 122 Å². The predicted octanol–water partition coefficient (Wildman–Crippen LogP) is 2.98. The first kappa shape index (κ1) is 26.8. The number of thiocarbonyl (C=S) groups is 1. The van der Waals surface area contributed by atoms with Crippen LogP contribution in [0.3, 0.4) is 0 Å². The Balaban J connectivity index is 1.58. The number of β-lactam (4-membered cyclic amide) rings is 1. The number of phenolic OH excluding ortho intramolecular Hbond substituents is 1. The van der Waals surface area contributed by atoms with Crippen molar-refractivity contribution in [1.29, 1.82) is 0 Å². The molecule has 0 aliphatic carbocycles. The molecule has 3 aliphatic rings. The van der Waals surface area contributed by atoms with Gasteiger partial charge in [0.25, 0.3) is 5.91 Å². The molecule has 0 bridgehead atoms. The third-order valence-corrected chi connectivity index (χ3v) is 9.26. The molecule has 4 N–H and O–H groups in total. The van der Waals surface area contributed by atoms with Crippen LogP contribution in [0.4, 0.5) is 0 Å². The molecule has 4 atom stereocenters. The van der Waals surface area contributed by atoms with Gasteiger partial charge < -0.3 is 20.8 Å². The minimum atomic E-state index is -1.14.